The fourth-order valence-electron chi connectivity index (χ4n) is 4.96. The minimum atomic E-state index is -0.960. The number of fused-ring (bicyclic) bond motifs is 2. The number of hydrogen-bond donors (Lipinski definition) is 3. The number of nitrogens with zero attached hydrogens (tertiary/aromatic N) is 3. The Hall–Kier alpha value is -3.79. The summed E-state index contributed by atoms with van der Waals surface area (Å²) in [7, 11) is 0. The summed E-state index contributed by atoms with van der Waals surface area (Å²) >= 11 is 0. The molecule has 1 saturated heterocycles. The quantitative estimate of drug-likeness (QED) is 0.496. The van der Waals surface area contributed by atoms with Crippen LogP contribution in [0.15, 0.2) is 30.5 Å². The molecule has 182 valence electrons. The highest BCUT2D eigenvalue weighted by Crippen LogP contribution is 2.35. The van der Waals surface area contributed by atoms with Gasteiger partial charge in [-0.3, -0.25) is 9.59 Å². The first kappa shape index (κ1) is 23.0. The normalized spacial score (nSPS) is 17.8. The van der Waals surface area contributed by atoms with Crippen LogP contribution in [-0.2, 0) is 11.2 Å². The lowest BCUT2D eigenvalue weighted by atomic mass is 9.98. The molecule has 0 bridgehead atoms. The Labute approximate surface area is 201 Å². The van der Waals surface area contributed by atoms with Gasteiger partial charge in [0.1, 0.15) is 11.4 Å². The third-order valence-electron chi connectivity index (χ3n) is 6.95. The first-order chi connectivity index (χ1) is 16.9. The van der Waals surface area contributed by atoms with Gasteiger partial charge in [0, 0.05) is 31.9 Å². The van der Waals surface area contributed by atoms with Crippen LogP contribution in [0.25, 0.3) is 5.65 Å². The van der Waals surface area contributed by atoms with E-state index in [0.717, 1.165) is 29.5 Å². The Morgan fingerprint density at radius 2 is 1.94 bits per heavy atom. The third kappa shape index (κ3) is 4.49. The zero-order valence-electron chi connectivity index (χ0n) is 19.4. The molecular formula is C25H27N5O5. The Balaban J connectivity index is 1.36. The lowest BCUT2D eigenvalue weighted by molar-refractivity contribution is 0.0642. The number of aromatic nitrogens is 3. The Kier molecular flexibility index (Phi) is 6.21. The van der Waals surface area contributed by atoms with Crippen molar-refractivity contribution in [2.75, 3.05) is 19.8 Å². The van der Waals surface area contributed by atoms with Gasteiger partial charge in [0.15, 0.2) is 5.65 Å². The number of ether oxygens (including phenoxy) is 1. The van der Waals surface area contributed by atoms with E-state index in [0.29, 0.717) is 44.2 Å². The van der Waals surface area contributed by atoms with Gasteiger partial charge in [-0.15, -0.1) is 0 Å². The summed E-state index contributed by atoms with van der Waals surface area (Å²) in [6.07, 6.45) is 4.68. The molecular weight excluding hydrogens is 450 g/mol. The van der Waals surface area contributed by atoms with Crippen molar-refractivity contribution in [3.63, 3.8) is 0 Å². The molecule has 10 nitrogen and oxygen atoms in total. The molecule has 2 aromatic heterocycles. The molecule has 3 heterocycles. The number of amides is 2. The topological polar surface area (TPSA) is 135 Å². The minimum Gasteiger partial charge on any atom is -0.478 e. The van der Waals surface area contributed by atoms with Crippen molar-refractivity contribution in [1.82, 2.24) is 25.2 Å². The van der Waals surface area contributed by atoms with E-state index in [4.69, 9.17) is 4.74 Å². The van der Waals surface area contributed by atoms with Gasteiger partial charge in [0.05, 0.1) is 17.8 Å². The minimum absolute atomic E-state index is 0.156. The summed E-state index contributed by atoms with van der Waals surface area (Å²) in [5, 5.41) is 19.6. The first-order valence-corrected chi connectivity index (χ1v) is 11.8. The molecule has 0 spiro atoms. The van der Waals surface area contributed by atoms with E-state index < -0.39 is 5.97 Å². The van der Waals surface area contributed by atoms with Crippen molar-refractivity contribution in [3.05, 3.63) is 64.1 Å². The van der Waals surface area contributed by atoms with Crippen molar-refractivity contribution in [1.29, 1.82) is 0 Å². The molecule has 5 rings (SSSR count). The predicted molar refractivity (Wildman–Crippen MR) is 126 cm³/mol. The summed E-state index contributed by atoms with van der Waals surface area (Å²) in [6, 6.07) is 6.20. The standard InChI is InChI=1S/C25H27N5O5/c1-14-16-4-5-19(18(16)3-2-17(14)25(33)34)29-24(32)21-12-20(28-22-6-9-27-30(21)22)23(31)26-13-15-7-10-35-11-8-15/h2-3,6,9,12,15,19H,4-5,7-8,10-11,13H2,1H3,(H,26,31)(H,29,32)(H,33,34)/t19-/m0/s1. The van der Waals surface area contributed by atoms with E-state index in [9.17, 15) is 19.5 Å². The molecule has 0 unspecified atom stereocenters. The van der Waals surface area contributed by atoms with Crippen LogP contribution in [0.5, 0.6) is 0 Å². The van der Waals surface area contributed by atoms with Crippen LogP contribution in [-0.4, -0.2) is 57.2 Å². The Morgan fingerprint density at radius 3 is 2.71 bits per heavy atom. The van der Waals surface area contributed by atoms with E-state index in [-0.39, 0.29) is 34.8 Å². The molecule has 1 atom stereocenters. The lowest BCUT2D eigenvalue weighted by Crippen LogP contribution is -2.33. The molecule has 10 heteroatoms. The van der Waals surface area contributed by atoms with Gasteiger partial charge in [0.2, 0.25) is 0 Å². The number of hydrogen-bond acceptors (Lipinski definition) is 6. The van der Waals surface area contributed by atoms with Gasteiger partial charge in [-0.05, 0) is 61.3 Å². The summed E-state index contributed by atoms with van der Waals surface area (Å²) in [5.41, 5.74) is 3.66. The first-order valence-electron chi connectivity index (χ1n) is 11.8. The molecule has 0 radical (unpaired) electrons. The summed E-state index contributed by atoms with van der Waals surface area (Å²) in [4.78, 5) is 42.0. The summed E-state index contributed by atoms with van der Waals surface area (Å²) < 4.78 is 6.78. The average molecular weight is 478 g/mol. The second-order valence-corrected chi connectivity index (χ2v) is 9.07. The number of aromatic carboxylic acids is 1. The van der Waals surface area contributed by atoms with E-state index >= 15 is 0 Å². The molecule has 1 fully saturated rings. The number of carbonyl (C=O) groups is 3. The zero-order chi connectivity index (χ0) is 24.5. The number of nitrogens with one attached hydrogen (secondary N) is 2. The maximum Gasteiger partial charge on any atom is 0.335 e. The number of benzene rings is 1. The van der Waals surface area contributed by atoms with Gasteiger partial charge in [-0.25, -0.2) is 14.3 Å². The molecule has 1 aromatic carbocycles. The van der Waals surface area contributed by atoms with Crippen molar-refractivity contribution in [3.8, 4) is 0 Å². The van der Waals surface area contributed by atoms with Crippen LogP contribution in [0.4, 0.5) is 0 Å². The van der Waals surface area contributed by atoms with Gasteiger partial charge < -0.3 is 20.5 Å². The monoisotopic (exact) mass is 477 g/mol. The van der Waals surface area contributed by atoms with Crippen LogP contribution in [0.1, 0.15) is 73.3 Å². The zero-order valence-corrected chi connectivity index (χ0v) is 19.4. The van der Waals surface area contributed by atoms with Crippen LogP contribution < -0.4 is 10.6 Å². The Morgan fingerprint density at radius 1 is 1.14 bits per heavy atom. The van der Waals surface area contributed by atoms with Crippen molar-refractivity contribution < 1.29 is 24.2 Å². The van der Waals surface area contributed by atoms with Gasteiger partial charge in [-0.2, -0.15) is 5.10 Å². The summed E-state index contributed by atoms with van der Waals surface area (Å²) in [5.74, 6) is -1.31. The van der Waals surface area contributed by atoms with Gasteiger partial charge in [0.25, 0.3) is 11.8 Å². The molecule has 1 aliphatic heterocycles. The average Bonchev–Trinajstić information content (AvgIpc) is 3.50. The van der Waals surface area contributed by atoms with Crippen molar-refractivity contribution in [2.45, 2.75) is 38.6 Å². The molecule has 2 amide bonds. The molecule has 0 saturated carbocycles. The van der Waals surface area contributed by atoms with Gasteiger partial charge >= 0.3 is 5.97 Å². The fourth-order valence-corrected chi connectivity index (χ4v) is 4.96. The highest BCUT2D eigenvalue weighted by molar-refractivity contribution is 5.98. The van der Waals surface area contributed by atoms with Crippen LogP contribution in [0.2, 0.25) is 0 Å². The molecule has 35 heavy (non-hydrogen) atoms. The fraction of sp³-hybridized carbons (Fsp3) is 0.400. The maximum absolute atomic E-state index is 13.3. The number of carboxylic acid groups (broad SMARTS) is 1. The van der Waals surface area contributed by atoms with Crippen molar-refractivity contribution >= 4 is 23.4 Å². The second kappa shape index (κ2) is 9.46. The molecule has 1 aliphatic carbocycles. The largest absolute Gasteiger partial charge is 0.478 e. The molecule has 3 N–H and O–H groups in total. The van der Waals surface area contributed by atoms with E-state index in [2.05, 4.69) is 20.7 Å². The van der Waals surface area contributed by atoms with Gasteiger partial charge in [-0.1, -0.05) is 6.07 Å². The van der Waals surface area contributed by atoms with Crippen LogP contribution >= 0.6 is 0 Å². The number of carbonyl (C=O) groups excluding carboxylic acids is 2. The lowest BCUT2D eigenvalue weighted by Gasteiger charge is -2.22. The smallest absolute Gasteiger partial charge is 0.335 e. The van der Waals surface area contributed by atoms with Crippen molar-refractivity contribution in [2.24, 2.45) is 5.92 Å². The van der Waals surface area contributed by atoms with Crippen LogP contribution in [0, 0.1) is 12.8 Å². The molecule has 2 aliphatic rings. The number of rotatable bonds is 6. The van der Waals surface area contributed by atoms with E-state index in [1.54, 1.807) is 25.1 Å². The van der Waals surface area contributed by atoms with E-state index in [1.807, 2.05) is 0 Å². The number of carboxylic acids is 1. The van der Waals surface area contributed by atoms with Crippen LogP contribution in [0.3, 0.4) is 0 Å². The molecule has 3 aromatic rings. The SMILES string of the molecule is Cc1c(C(=O)O)ccc2c1CC[C@@H]2NC(=O)c1cc(C(=O)NCC2CCOCC2)nc2ccnn12. The second-order valence-electron chi connectivity index (χ2n) is 9.07. The maximum atomic E-state index is 13.3. The third-order valence-corrected chi connectivity index (χ3v) is 6.95. The summed E-state index contributed by atoms with van der Waals surface area (Å²) in [6.45, 7) is 3.74. The highest BCUT2D eigenvalue weighted by atomic mass is 16.5. The van der Waals surface area contributed by atoms with E-state index in [1.165, 1.54) is 16.8 Å². The Bertz CT molecular complexity index is 1310. The highest BCUT2D eigenvalue weighted by Gasteiger charge is 2.29. The predicted octanol–water partition coefficient (Wildman–Crippen LogP) is 2.31.